The molecule has 1 aliphatic rings. The molecule has 1 rings (SSSR count). The standard InChI is InChI=1S/C14H22O/c1-5-13(15)8-6-7-12-10-9-11(2)14(12,3)4/h6,8-9,12H,5,7,10H2,1-4H3/b8-6+/t12-/m1/s1. The molecule has 0 aliphatic heterocycles. The predicted octanol–water partition coefficient (Wildman–Crippen LogP) is 3.90. The van der Waals surface area contributed by atoms with Crippen LogP contribution in [-0.4, -0.2) is 5.78 Å². The van der Waals surface area contributed by atoms with Crippen molar-refractivity contribution in [1.82, 2.24) is 0 Å². The van der Waals surface area contributed by atoms with Crippen LogP contribution in [-0.2, 0) is 4.79 Å². The first-order valence-electron chi connectivity index (χ1n) is 5.85. The van der Waals surface area contributed by atoms with Crippen molar-refractivity contribution in [3.05, 3.63) is 23.8 Å². The maximum atomic E-state index is 11.1. The van der Waals surface area contributed by atoms with Crippen LogP contribution in [0.1, 0.15) is 47.0 Å². The van der Waals surface area contributed by atoms with E-state index in [-0.39, 0.29) is 5.78 Å². The van der Waals surface area contributed by atoms with Crippen molar-refractivity contribution >= 4 is 5.78 Å². The van der Waals surface area contributed by atoms with Gasteiger partial charge in [0, 0.05) is 6.42 Å². The van der Waals surface area contributed by atoms with Gasteiger partial charge in [-0.3, -0.25) is 4.79 Å². The van der Waals surface area contributed by atoms with E-state index in [0.29, 0.717) is 17.8 Å². The lowest BCUT2D eigenvalue weighted by Crippen LogP contribution is -2.19. The van der Waals surface area contributed by atoms with Crippen molar-refractivity contribution in [2.24, 2.45) is 11.3 Å². The molecule has 0 spiro atoms. The summed E-state index contributed by atoms with van der Waals surface area (Å²) in [6.45, 7) is 8.71. The Hall–Kier alpha value is -0.850. The lowest BCUT2D eigenvalue weighted by atomic mass is 9.76. The van der Waals surface area contributed by atoms with E-state index in [1.165, 1.54) is 5.57 Å². The van der Waals surface area contributed by atoms with Crippen LogP contribution in [0.15, 0.2) is 23.8 Å². The summed E-state index contributed by atoms with van der Waals surface area (Å²) in [6, 6.07) is 0. The molecule has 1 heteroatoms. The number of hydrogen-bond donors (Lipinski definition) is 0. The zero-order valence-corrected chi connectivity index (χ0v) is 10.3. The third-order valence-corrected chi connectivity index (χ3v) is 3.82. The summed E-state index contributed by atoms with van der Waals surface area (Å²) in [4.78, 5) is 11.1. The summed E-state index contributed by atoms with van der Waals surface area (Å²) < 4.78 is 0. The van der Waals surface area contributed by atoms with Gasteiger partial charge in [-0.1, -0.05) is 38.5 Å². The van der Waals surface area contributed by atoms with Gasteiger partial charge in [0.2, 0.25) is 0 Å². The van der Waals surface area contributed by atoms with Gasteiger partial charge in [-0.15, -0.1) is 0 Å². The van der Waals surface area contributed by atoms with E-state index in [9.17, 15) is 4.79 Å². The summed E-state index contributed by atoms with van der Waals surface area (Å²) in [5.74, 6) is 0.897. The van der Waals surface area contributed by atoms with E-state index in [1.807, 2.05) is 13.0 Å². The highest BCUT2D eigenvalue weighted by molar-refractivity contribution is 5.89. The molecular formula is C14H22O. The molecule has 0 N–H and O–H groups in total. The molecule has 84 valence electrons. The Labute approximate surface area is 93.3 Å². The van der Waals surface area contributed by atoms with Gasteiger partial charge in [0.15, 0.2) is 5.78 Å². The van der Waals surface area contributed by atoms with Crippen molar-refractivity contribution in [3.8, 4) is 0 Å². The molecule has 0 aromatic heterocycles. The number of carbonyl (C=O) groups is 1. The van der Waals surface area contributed by atoms with Crippen LogP contribution in [0.5, 0.6) is 0 Å². The topological polar surface area (TPSA) is 17.1 Å². The Morgan fingerprint density at radius 1 is 1.60 bits per heavy atom. The van der Waals surface area contributed by atoms with Gasteiger partial charge in [-0.25, -0.2) is 0 Å². The molecule has 0 aromatic carbocycles. The molecule has 1 atom stereocenters. The molecule has 15 heavy (non-hydrogen) atoms. The first kappa shape index (κ1) is 12.2. The Morgan fingerprint density at radius 2 is 2.27 bits per heavy atom. The molecule has 0 fully saturated rings. The average Bonchev–Trinajstić information content (AvgIpc) is 2.44. The fourth-order valence-corrected chi connectivity index (χ4v) is 2.07. The Kier molecular flexibility index (Phi) is 3.90. The number of allylic oxidation sites excluding steroid dienone is 4. The molecule has 0 heterocycles. The number of ketones is 1. The molecule has 0 saturated carbocycles. The molecule has 0 unspecified atom stereocenters. The van der Waals surface area contributed by atoms with Crippen molar-refractivity contribution in [2.45, 2.75) is 47.0 Å². The monoisotopic (exact) mass is 206 g/mol. The van der Waals surface area contributed by atoms with Crippen LogP contribution in [0.2, 0.25) is 0 Å². The second kappa shape index (κ2) is 4.78. The summed E-state index contributed by atoms with van der Waals surface area (Å²) >= 11 is 0. The number of hydrogen-bond acceptors (Lipinski definition) is 1. The van der Waals surface area contributed by atoms with E-state index in [1.54, 1.807) is 6.08 Å². The smallest absolute Gasteiger partial charge is 0.155 e. The zero-order chi connectivity index (χ0) is 11.5. The summed E-state index contributed by atoms with van der Waals surface area (Å²) in [5, 5.41) is 0. The summed E-state index contributed by atoms with van der Waals surface area (Å²) in [7, 11) is 0. The van der Waals surface area contributed by atoms with Crippen molar-refractivity contribution in [3.63, 3.8) is 0 Å². The van der Waals surface area contributed by atoms with Gasteiger partial charge in [0.25, 0.3) is 0 Å². The highest BCUT2D eigenvalue weighted by Gasteiger charge is 2.33. The summed E-state index contributed by atoms with van der Waals surface area (Å²) in [5.41, 5.74) is 1.79. The molecule has 0 aromatic rings. The number of rotatable bonds is 4. The normalized spacial score (nSPS) is 24.5. The lowest BCUT2D eigenvalue weighted by Gasteiger charge is -2.28. The number of carbonyl (C=O) groups excluding carboxylic acids is 1. The second-order valence-corrected chi connectivity index (χ2v) is 5.00. The molecule has 1 nitrogen and oxygen atoms in total. The average molecular weight is 206 g/mol. The second-order valence-electron chi connectivity index (χ2n) is 5.00. The molecule has 0 radical (unpaired) electrons. The van der Waals surface area contributed by atoms with E-state index in [2.05, 4.69) is 26.8 Å². The Bertz CT molecular complexity index is 294. The predicted molar refractivity (Wildman–Crippen MR) is 64.7 cm³/mol. The van der Waals surface area contributed by atoms with E-state index in [0.717, 1.165) is 12.8 Å². The van der Waals surface area contributed by atoms with Crippen LogP contribution in [0, 0.1) is 11.3 Å². The van der Waals surface area contributed by atoms with Crippen LogP contribution >= 0.6 is 0 Å². The Morgan fingerprint density at radius 3 is 2.73 bits per heavy atom. The van der Waals surface area contributed by atoms with Crippen LogP contribution < -0.4 is 0 Å². The Balaban J connectivity index is 2.49. The fourth-order valence-electron chi connectivity index (χ4n) is 2.07. The zero-order valence-electron chi connectivity index (χ0n) is 10.3. The van der Waals surface area contributed by atoms with Gasteiger partial charge in [-0.2, -0.15) is 0 Å². The minimum atomic E-state index is 0.232. The first-order chi connectivity index (χ1) is 6.98. The first-order valence-corrected chi connectivity index (χ1v) is 5.85. The quantitative estimate of drug-likeness (QED) is 0.503. The molecule has 0 saturated heterocycles. The van der Waals surface area contributed by atoms with Gasteiger partial charge in [-0.05, 0) is 37.2 Å². The van der Waals surface area contributed by atoms with Gasteiger partial charge in [0.05, 0.1) is 0 Å². The van der Waals surface area contributed by atoms with Crippen molar-refractivity contribution < 1.29 is 4.79 Å². The lowest BCUT2D eigenvalue weighted by molar-refractivity contribution is -0.114. The van der Waals surface area contributed by atoms with Gasteiger partial charge >= 0.3 is 0 Å². The van der Waals surface area contributed by atoms with Crippen LogP contribution in [0.3, 0.4) is 0 Å². The van der Waals surface area contributed by atoms with Gasteiger partial charge in [0.1, 0.15) is 0 Å². The van der Waals surface area contributed by atoms with E-state index in [4.69, 9.17) is 0 Å². The third-order valence-electron chi connectivity index (χ3n) is 3.82. The minimum Gasteiger partial charge on any atom is -0.295 e. The van der Waals surface area contributed by atoms with Crippen molar-refractivity contribution in [1.29, 1.82) is 0 Å². The third kappa shape index (κ3) is 2.80. The molecule has 0 bridgehead atoms. The largest absolute Gasteiger partial charge is 0.295 e. The molecule has 1 aliphatic carbocycles. The van der Waals surface area contributed by atoms with Crippen LogP contribution in [0.4, 0.5) is 0 Å². The van der Waals surface area contributed by atoms with Crippen molar-refractivity contribution in [2.75, 3.05) is 0 Å². The fraction of sp³-hybridized carbons (Fsp3) is 0.643. The van der Waals surface area contributed by atoms with Crippen LogP contribution in [0.25, 0.3) is 0 Å². The van der Waals surface area contributed by atoms with E-state index < -0.39 is 0 Å². The molecule has 0 amide bonds. The maximum absolute atomic E-state index is 11.1. The van der Waals surface area contributed by atoms with Gasteiger partial charge < -0.3 is 0 Å². The summed E-state index contributed by atoms with van der Waals surface area (Å²) in [6.07, 6.45) is 8.91. The molecular weight excluding hydrogens is 184 g/mol. The minimum absolute atomic E-state index is 0.232. The van der Waals surface area contributed by atoms with E-state index >= 15 is 0 Å². The highest BCUT2D eigenvalue weighted by Crippen LogP contribution is 2.44. The highest BCUT2D eigenvalue weighted by atomic mass is 16.1. The SMILES string of the molecule is CCC(=O)/C=C/C[C@@H]1CC=C(C)C1(C)C. The maximum Gasteiger partial charge on any atom is 0.155 e.